The quantitative estimate of drug-likeness (QED) is 0.643. The summed E-state index contributed by atoms with van der Waals surface area (Å²) in [5, 5.41) is 6.92. The molecule has 1 rings (SSSR count). The minimum Gasteiger partial charge on any atom is -0.383 e. The highest BCUT2D eigenvalue weighted by molar-refractivity contribution is 9.10. The molecule has 0 fully saturated rings. The van der Waals surface area contributed by atoms with Gasteiger partial charge in [0.1, 0.15) is 0 Å². The van der Waals surface area contributed by atoms with Crippen molar-refractivity contribution in [2.24, 2.45) is 0 Å². The predicted octanol–water partition coefficient (Wildman–Crippen LogP) is 2.35. The van der Waals surface area contributed by atoms with Gasteiger partial charge in [-0.05, 0) is 18.2 Å². The number of ether oxygens (including phenoxy) is 1. The van der Waals surface area contributed by atoms with Gasteiger partial charge in [0.05, 0.1) is 18.7 Å². The lowest BCUT2D eigenvalue weighted by Gasteiger charge is -2.12. The maximum atomic E-state index is 12.7. The Morgan fingerprint density at radius 2 is 2.00 bits per heavy atom. The van der Waals surface area contributed by atoms with Crippen LogP contribution in [-0.2, 0) is 15.7 Å². The fourth-order valence-electron chi connectivity index (χ4n) is 1.52. The van der Waals surface area contributed by atoms with Crippen molar-refractivity contribution >= 4 is 33.6 Å². The van der Waals surface area contributed by atoms with Gasteiger partial charge >= 0.3 is 12.2 Å². The molecule has 0 unspecified atom stereocenters. The number of halogens is 4. The van der Waals surface area contributed by atoms with Crippen LogP contribution in [0.2, 0.25) is 0 Å². The van der Waals surface area contributed by atoms with Crippen molar-refractivity contribution in [3.05, 3.63) is 28.2 Å². The van der Waals surface area contributed by atoms with E-state index in [1.54, 1.807) is 0 Å². The van der Waals surface area contributed by atoms with Crippen LogP contribution < -0.4 is 16.0 Å². The number of hydrogen-bond acceptors (Lipinski definition) is 4. The minimum atomic E-state index is -4.51. The molecule has 128 valence electrons. The van der Waals surface area contributed by atoms with E-state index in [4.69, 9.17) is 4.74 Å². The molecule has 0 aliphatic rings. The molecule has 0 radical (unpaired) electrons. The zero-order valence-electron chi connectivity index (χ0n) is 12.1. The minimum absolute atomic E-state index is 0.0995. The standard InChI is InChI=1S/C13H15BrF3N3O3/c1-23-5-4-18-12(22)20-11(21)7-19-8-2-3-10(14)9(6-8)13(15,16)17/h2-3,6,19H,4-5,7H2,1H3,(H2,18,20,21,22). The molecule has 0 aliphatic heterocycles. The van der Waals surface area contributed by atoms with E-state index in [9.17, 15) is 22.8 Å². The van der Waals surface area contributed by atoms with Crippen LogP contribution >= 0.6 is 15.9 Å². The second kappa shape index (κ2) is 8.73. The van der Waals surface area contributed by atoms with E-state index in [-0.39, 0.29) is 23.2 Å². The van der Waals surface area contributed by atoms with Gasteiger partial charge in [0.25, 0.3) is 0 Å². The molecule has 0 atom stereocenters. The lowest BCUT2D eigenvalue weighted by Crippen LogP contribution is -2.42. The largest absolute Gasteiger partial charge is 0.417 e. The van der Waals surface area contributed by atoms with Gasteiger partial charge < -0.3 is 15.4 Å². The molecule has 0 spiro atoms. The summed E-state index contributed by atoms with van der Waals surface area (Å²) < 4.78 is 42.9. The molecule has 10 heteroatoms. The molecular weight excluding hydrogens is 383 g/mol. The van der Waals surface area contributed by atoms with Gasteiger partial charge in [-0.25, -0.2) is 4.79 Å². The lowest BCUT2D eigenvalue weighted by atomic mass is 10.2. The normalized spacial score (nSPS) is 11.0. The van der Waals surface area contributed by atoms with E-state index < -0.39 is 23.7 Å². The highest BCUT2D eigenvalue weighted by atomic mass is 79.9. The summed E-state index contributed by atoms with van der Waals surface area (Å²) in [7, 11) is 1.46. The zero-order valence-corrected chi connectivity index (χ0v) is 13.7. The van der Waals surface area contributed by atoms with E-state index in [1.165, 1.54) is 19.2 Å². The average Bonchev–Trinajstić information content (AvgIpc) is 2.45. The maximum Gasteiger partial charge on any atom is 0.417 e. The molecule has 0 heterocycles. The van der Waals surface area contributed by atoms with Crippen molar-refractivity contribution in [2.75, 3.05) is 32.1 Å². The van der Waals surface area contributed by atoms with Gasteiger partial charge in [0.15, 0.2) is 0 Å². The summed E-state index contributed by atoms with van der Waals surface area (Å²) in [4.78, 5) is 22.8. The molecule has 0 aromatic heterocycles. The number of rotatable bonds is 6. The summed E-state index contributed by atoms with van der Waals surface area (Å²) >= 11 is 2.82. The number of methoxy groups -OCH3 is 1. The Balaban J connectivity index is 2.52. The first-order valence-electron chi connectivity index (χ1n) is 6.41. The maximum absolute atomic E-state index is 12.7. The number of urea groups is 1. The number of nitrogens with one attached hydrogen (secondary N) is 3. The van der Waals surface area contributed by atoms with Crippen LogP contribution in [0, 0.1) is 0 Å². The summed E-state index contributed by atoms with van der Waals surface area (Å²) in [6, 6.07) is 2.77. The molecule has 3 amide bonds. The second-order valence-corrected chi connectivity index (χ2v) is 5.20. The lowest BCUT2D eigenvalue weighted by molar-refractivity contribution is -0.138. The number of amides is 3. The Morgan fingerprint density at radius 3 is 2.61 bits per heavy atom. The van der Waals surface area contributed by atoms with Crippen molar-refractivity contribution in [2.45, 2.75) is 6.18 Å². The van der Waals surface area contributed by atoms with Crippen LogP contribution in [0.15, 0.2) is 22.7 Å². The smallest absolute Gasteiger partial charge is 0.383 e. The number of anilines is 1. The fourth-order valence-corrected chi connectivity index (χ4v) is 1.99. The number of carbonyl (C=O) groups is 2. The van der Waals surface area contributed by atoms with Gasteiger partial charge in [-0.1, -0.05) is 15.9 Å². The number of alkyl halides is 3. The molecule has 6 nitrogen and oxygen atoms in total. The number of benzene rings is 1. The van der Waals surface area contributed by atoms with E-state index in [1.807, 2.05) is 5.32 Å². The molecule has 1 aromatic carbocycles. The first-order valence-corrected chi connectivity index (χ1v) is 7.20. The third-order valence-corrected chi connectivity index (χ3v) is 3.26. The van der Waals surface area contributed by atoms with Gasteiger partial charge in [0, 0.05) is 23.8 Å². The first kappa shape index (κ1) is 19.2. The SMILES string of the molecule is COCCNC(=O)NC(=O)CNc1ccc(Br)c(C(F)(F)F)c1. The third-order valence-electron chi connectivity index (χ3n) is 2.57. The van der Waals surface area contributed by atoms with E-state index in [0.29, 0.717) is 6.61 Å². The molecule has 0 saturated carbocycles. The fraction of sp³-hybridized carbons (Fsp3) is 0.385. The summed E-state index contributed by atoms with van der Waals surface area (Å²) in [5.41, 5.74) is -0.754. The predicted molar refractivity (Wildman–Crippen MR) is 81.1 cm³/mol. The van der Waals surface area contributed by atoms with Crippen LogP contribution in [0.5, 0.6) is 0 Å². The van der Waals surface area contributed by atoms with Gasteiger partial charge in [-0.15, -0.1) is 0 Å². The summed E-state index contributed by atoms with van der Waals surface area (Å²) in [6.45, 7) is 0.167. The molecule has 3 N–H and O–H groups in total. The topological polar surface area (TPSA) is 79.5 Å². The monoisotopic (exact) mass is 397 g/mol. The average molecular weight is 398 g/mol. The summed E-state index contributed by atoms with van der Waals surface area (Å²) in [5.74, 6) is -0.684. The van der Waals surface area contributed by atoms with Gasteiger partial charge in [-0.2, -0.15) is 13.2 Å². The first-order chi connectivity index (χ1) is 10.7. The van der Waals surface area contributed by atoms with Gasteiger partial charge in [0.2, 0.25) is 5.91 Å². The Kier molecular flexibility index (Phi) is 7.30. The van der Waals surface area contributed by atoms with Crippen molar-refractivity contribution in [3.8, 4) is 0 Å². The van der Waals surface area contributed by atoms with Crippen LogP contribution in [0.25, 0.3) is 0 Å². The Bertz CT molecular complexity index is 567. The van der Waals surface area contributed by atoms with E-state index in [0.717, 1.165) is 6.07 Å². The molecule has 0 saturated heterocycles. The molecular formula is C13H15BrF3N3O3. The van der Waals surface area contributed by atoms with E-state index in [2.05, 4.69) is 26.6 Å². The van der Waals surface area contributed by atoms with Crippen LogP contribution in [0.3, 0.4) is 0 Å². The number of carbonyl (C=O) groups excluding carboxylic acids is 2. The Morgan fingerprint density at radius 1 is 1.30 bits per heavy atom. The van der Waals surface area contributed by atoms with Gasteiger partial charge in [-0.3, -0.25) is 10.1 Å². The van der Waals surface area contributed by atoms with E-state index >= 15 is 0 Å². The highest BCUT2D eigenvalue weighted by Crippen LogP contribution is 2.36. The van der Waals surface area contributed by atoms with Crippen molar-refractivity contribution in [1.29, 1.82) is 0 Å². The van der Waals surface area contributed by atoms with Crippen LogP contribution in [0.1, 0.15) is 5.56 Å². The highest BCUT2D eigenvalue weighted by Gasteiger charge is 2.33. The molecule has 1 aromatic rings. The molecule has 0 aliphatic carbocycles. The van der Waals surface area contributed by atoms with Crippen LogP contribution in [-0.4, -0.2) is 38.7 Å². The second-order valence-electron chi connectivity index (χ2n) is 4.34. The molecule has 23 heavy (non-hydrogen) atoms. The van der Waals surface area contributed by atoms with Crippen molar-refractivity contribution in [3.63, 3.8) is 0 Å². The summed E-state index contributed by atoms with van der Waals surface area (Å²) in [6.07, 6.45) is -4.51. The van der Waals surface area contributed by atoms with Crippen LogP contribution in [0.4, 0.5) is 23.7 Å². The number of imide groups is 1. The van der Waals surface area contributed by atoms with Crippen molar-refractivity contribution < 1.29 is 27.5 Å². The Hall–Kier alpha value is -1.81. The van der Waals surface area contributed by atoms with Crippen molar-refractivity contribution in [1.82, 2.24) is 10.6 Å². The zero-order chi connectivity index (χ0) is 17.5. The molecule has 0 bridgehead atoms. The Labute approximate surface area is 138 Å². The number of hydrogen-bond donors (Lipinski definition) is 3. The third kappa shape index (κ3) is 6.87.